The summed E-state index contributed by atoms with van der Waals surface area (Å²) in [6.45, 7) is 2.57. The lowest BCUT2D eigenvalue weighted by Crippen LogP contribution is -2.11. The summed E-state index contributed by atoms with van der Waals surface area (Å²) in [5, 5.41) is 11.9. The lowest BCUT2D eigenvalue weighted by atomic mass is 10.2. The molecule has 7 heteroatoms. The molecule has 4 rings (SSSR count). The predicted molar refractivity (Wildman–Crippen MR) is 117 cm³/mol. The van der Waals surface area contributed by atoms with Crippen LogP contribution in [0.1, 0.15) is 17.3 Å². The number of hydrogen-bond acceptors (Lipinski definition) is 4. The summed E-state index contributed by atoms with van der Waals surface area (Å²) < 4.78 is 6.47. The third-order valence-electron chi connectivity index (χ3n) is 4.10. The molecule has 0 bridgehead atoms. The number of anilines is 1. The third-order valence-corrected chi connectivity index (χ3v) is 4.77. The number of benzene rings is 3. The molecule has 1 heterocycles. The molecule has 6 nitrogen and oxygen atoms in total. The van der Waals surface area contributed by atoms with E-state index in [0.29, 0.717) is 23.4 Å². The third kappa shape index (κ3) is 3.99. The number of carbonyl (C=O) groups excluding carboxylic acids is 1. The molecule has 1 amide bonds. The second-order valence-corrected chi connectivity index (χ2v) is 7.33. The first-order chi connectivity index (χ1) is 13.6. The van der Waals surface area contributed by atoms with Crippen LogP contribution in [-0.2, 0) is 0 Å². The summed E-state index contributed by atoms with van der Waals surface area (Å²) in [5.41, 5.74) is 3.58. The van der Waals surface area contributed by atoms with Gasteiger partial charge in [0, 0.05) is 14.8 Å². The Morgan fingerprint density at radius 1 is 1.04 bits per heavy atom. The molecule has 140 valence electrons. The Hall–Kier alpha value is -2.94. The van der Waals surface area contributed by atoms with E-state index in [4.69, 9.17) is 4.74 Å². The van der Waals surface area contributed by atoms with Crippen LogP contribution in [-0.4, -0.2) is 27.5 Å². The van der Waals surface area contributed by atoms with Crippen LogP contribution >= 0.6 is 22.6 Å². The Morgan fingerprint density at radius 2 is 1.82 bits per heavy atom. The van der Waals surface area contributed by atoms with Gasteiger partial charge in [0.1, 0.15) is 16.8 Å². The molecular weight excluding hydrogens is 467 g/mol. The number of halogens is 1. The highest BCUT2D eigenvalue weighted by Crippen LogP contribution is 2.20. The van der Waals surface area contributed by atoms with Gasteiger partial charge >= 0.3 is 0 Å². The summed E-state index contributed by atoms with van der Waals surface area (Å²) in [6.07, 6.45) is 0. The van der Waals surface area contributed by atoms with Crippen LogP contribution in [0.3, 0.4) is 0 Å². The van der Waals surface area contributed by atoms with E-state index in [0.717, 1.165) is 20.5 Å². The average Bonchev–Trinajstić information content (AvgIpc) is 3.12. The van der Waals surface area contributed by atoms with Crippen molar-refractivity contribution in [2.24, 2.45) is 0 Å². The summed E-state index contributed by atoms with van der Waals surface area (Å²) >= 11 is 2.19. The standard InChI is InChI=1S/C21H17IN4O2/c1-2-28-18-9-7-17(8-10-18)26-24-19-11-6-16(13-20(19)25-26)23-21(27)14-4-3-5-15(22)12-14/h3-13H,2H2,1H3,(H,23,27). The molecule has 1 aromatic heterocycles. The molecule has 0 unspecified atom stereocenters. The van der Waals surface area contributed by atoms with E-state index >= 15 is 0 Å². The molecular formula is C21H17IN4O2. The van der Waals surface area contributed by atoms with Crippen molar-refractivity contribution < 1.29 is 9.53 Å². The van der Waals surface area contributed by atoms with Crippen molar-refractivity contribution >= 4 is 45.2 Å². The van der Waals surface area contributed by atoms with E-state index in [1.807, 2.05) is 67.6 Å². The van der Waals surface area contributed by atoms with Gasteiger partial charge in [-0.3, -0.25) is 4.79 Å². The number of nitrogens with one attached hydrogen (secondary N) is 1. The molecule has 3 aromatic carbocycles. The van der Waals surface area contributed by atoms with Crippen molar-refractivity contribution in [3.63, 3.8) is 0 Å². The van der Waals surface area contributed by atoms with Crippen LogP contribution in [0, 0.1) is 3.57 Å². The number of aromatic nitrogens is 3. The van der Waals surface area contributed by atoms with Gasteiger partial charge in [-0.1, -0.05) is 6.07 Å². The van der Waals surface area contributed by atoms with E-state index in [1.54, 1.807) is 10.9 Å². The van der Waals surface area contributed by atoms with Crippen molar-refractivity contribution in [3.8, 4) is 11.4 Å². The first kappa shape index (κ1) is 18.4. The molecule has 0 aliphatic rings. The molecule has 0 saturated carbocycles. The second-order valence-electron chi connectivity index (χ2n) is 6.08. The maximum atomic E-state index is 12.4. The monoisotopic (exact) mass is 484 g/mol. The first-order valence-corrected chi connectivity index (χ1v) is 9.87. The van der Waals surface area contributed by atoms with Crippen LogP contribution < -0.4 is 10.1 Å². The zero-order valence-corrected chi connectivity index (χ0v) is 17.3. The van der Waals surface area contributed by atoms with Crippen LogP contribution in [0.15, 0.2) is 66.7 Å². The molecule has 0 saturated heterocycles. The van der Waals surface area contributed by atoms with Crippen molar-refractivity contribution in [2.45, 2.75) is 6.92 Å². The first-order valence-electron chi connectivity index (χ1n) is 8.79. The van der Waals surface area contributed by atoms with Crippen LogP contribution in [0.5, 0.6) is 5.75 Å². The maximum absolute atomic E-state index is 12.4. The zero-order valence-electron chi connectivity index (χ0n) is 15.1. The molecule has 0 atom stereocenters. The van der Waals surface area contributed by atoms with Crippen molar-refractivity contribution in [1.82, 2.24) is 15.0 Å². The van der Waals surface area contributed by atoms with E-state index in [1.165, 1.54) is 0 Å². The van der Waals surface area contributed by atoms with Crippen molar-refractivity contribution in [3.05, 3.63) is 75.9 Å². The number of nitrogens with zero attached hydrogens (tertiary/aromatic N) is 3. The van der Waals surface area contributed by atoms with Gasteiger partial charge in [0.2, 0.25) is 0 Å². The summed E-state index contributed by atoms with van der Waals surface area (Å²) in [6, 6.07) is 20.5. The van der Waals surface area contributed by atoms with Gasteiger partial charge in [-0.2, -0.15) is 4.80 Å². The molecule has 4 aromatic rings. The van der Waals surface area contributed by atoms with E-state index in [9.17, 15) is 4.79 Å². The molecule has 1 N–H and O–H groups in total. The SMILES string of the molecule is CCOc1ccc(-n2nc3ccc(NC(=O)c4cccc(I)c4)cc3n2)cc1. The minimum Gasteiger partial charge on any atom is -0.494 e. The number of fused-ring (bicyclic) bond motifs is 1. The van der Waals surface area contributed by atoms with Gasteiger partial charge in [-0.25, -0.2) is 0 Å². The number of hydrogen-bond donors (Lipinski definition) is 1. The molecule has 28 heavy (non-hydrogen) atoms. The van der Waals surface area contributed by atoms with E-state index in [2.05, 4.69) is 38.1 Å². The van der Waals surface area contributed by atoms with Gasteiger partial charge < -0.3 is 10.1 Å². The molecule has 0 spiro atoms. The van der Waals surface area contributed by atoms with Gasteiger partial charge in [-0.05, 0) is 90.2 Å². The maximum Gasteiger partial charge on any atom is 0.255 e. The van der Waals surface area contributed by atoms with Gasteiger partial charge in [-0.15, -0.1) is 10.2 Å². The zero-order chi connectivity index (χ0) is 19.5. The lowest BCUT2D eigenvalue weighted by molar-refractivity contribution is 0.102. The summed E-state index contributed by atoms with van der Waals surface area (Å²) in [7, 11) is 0. The minimum atomic E-state index is -0.156. The molecule has 0 radical (unpaired) electrons. The molecule has 0 aliphatic carbocycles. The highest BCUT2D eigenvalue weighted by atomic mass is 127. The molecule has 0 aliphatic heterocycles. The van der Waals surface area contributed by atoms with Gasteiger partial charge in [0.25, 0.3) is 5.91 Å². The fraction of sp³-hybridized carbons (Fsp3) is 0.0952. The van der Waals surface area contributed by atoms with Gasteiger partial charge in [0.05, 0.1) is 12.3 Å². The highest BCUT2D eigenvalue weighted by molar-refractivity contribution is 14.1. The highest BCUT2D eigenvalue weighted by Gasteiger charge is 2.10. The van der Waals surface area contributed by atoms with Crippen molar-refractivity contribution in [1.29, 1.82) is 0 Å². The van der Waals surface area contributed by atoms with Crippen LogP contribution in [0.25, 0.3) is 16.7 Å². The molecule has 0 fully saturated rings. The van der Waals surface area contributed by atoms with E-state index in [-0.39, 0.29) is 5.91 Å². The quantitative estimate of drug-likeness (QED) is 0.418. The lowest BCUT2D eigenvalue weighted by Gasteiger charge is -2.05. The number of amides is 1. The minimum absolute atomic E-state index is 0.156. The Morgan fingerprint density at radius 3 is 2.57 bits per heavy atom. The Balaban J connectivity index is 1.57. The van der Waals surface area contributed by atoms with E-state index < -0.39 is 0 Å². The Bertz CT molecular complexity index is 1140. The summed E-state index contributed by atoms with van der Waals surface area (Å²) in [4.78, 5) is 14.0. The largest absolute Gasteiger partial charge is 0.494 e. The topological polar surface area (TPSA) is 69.0 Å². The fourth-order valence-corrected chi connectivity index (χ4v) is 3.33. The number of ether oxygens (including phenoxy) is 1. The summed E-state index contributed by atoms with van der Waals surface area (Å²) in [5.74, 6) is 0.653. The number of carbonyl (C=O) groups is 1. The predicted octanol–water partition coefficient (Wildman–Crippen LogP) is 4.68. The van der Waals surface area contributed by atoms with Crippen LogP contribution in [0.2, 0.25) is 0 Å². The number of rotatable bonds is 5. The average molecular weight is 484 g/mol. The Kier molecular flexibility index (Phi) is 5.25. The normalized spacial score (nSPS) is 10.8. The Labute approximate surface area is 175 Å². The fourth-order valence-electron chi connectivity index (χ4n) is 2.78. The van der Waals surface area contributed by atoms with Crippen molar-refractivity contribution in [2.75, 3.05) is 11.9 Å². The van der Waals surface area contributed by atoms with Gasteiger partial charge in [0.15, 0.2) is 0 Å². The smallest absolute Gasteiger partial charge is 0.255 e. The van der Waals surface area contributed by atoms with Crippen LogP contribution in [0.4, 0.5) is 5.69 Å². The second kappa shape index (κ2) is 7.97.